The van der Waals surface area contributed by atoms with Gasteiger partial charge in [-0.1, -0.05) is 30.3 Å². The zero-order chi connectivity index (χ0) is 18.9. The fourth-order valence-corrected chi connectivity index (χ4v) is 2.51. The Morgan fingerprint density at radius 2 is 1.59 bits per heavy atom. The molecular weight excluding hydrogens is 368 g/mol. The maximum Gasteiger partial charge on any atom is 0.243 e. The Labute approximate surface area is 166 Å². The summed E-state index contributed by atoms with van der Waals surface area (Å²) in [5, 5.41) is 0. The van der Waals surface area contributed by atoms with Gasteiger partial charge in [0.25, 0.3) is 0 Å². The highest BCUT2D eigenvalue weighted by atomic mass is 35.5. The molecule has 7 heteroatoms. The molecule has 2 aromatic rings. The van der Waals surface area contributed by atoms with Gasteiger partial charge in [-0.3, -0.25) is 4.79 Å². The van der Waals surface area contributed by atoms with Crippen molar-refractivity contribution in [3.63, 3.8) is 0 Å². The monoisotopic (exact) mass is 394 g/mol. The van der Waals surface area contributed by atoms with Crippen molar-refractivity contribution in [2.75, 3.05) is 34.4 Å². The molecule has 0 saturated carbocycles. The van der Waals surface area contributed by atoms with Crippen molar-refractivity contribution in [3.8, 4) is 17.2 Å². The smallest absolute Gasteiger partial charge is 0.243 e. The number of carbonyl (C=O) groups is 1. The van der Waals surface area contributed by atoms with Crippen molar-refractivity contribution < 1.29 is 19.0 Å². The topological polar surface area (TPSA) is 74.0 Å². The molecule has 0 saturated heterocycles. The normalized spacial score (nSPS) is 11.1. The van der Waals surface area contributed by atoms with Crippen LogP contribution in [0, 0.1) is 0 Å². The Morgan fingerprint density at radius 1 is 1.04 bits per heavy atom. The van der Waals surface area contributed by atoms with E-state index < -0.39 is 6.04 Å². The first kappa shape index (κ1) is 22.6. The summed E-state index contributed by atoms with van der Waals surface area (Å²) in [6, 6.07) is 14.1. The van der Waals surface area contributed by atoms with Crippen LogP contribution in [0.2, 0.25) is 0 Å². The van der Waals surface area contributed by atoms with E-state index in [2.05, 4.69) is 0 Å². The van der Waals surface area contributed by atoms with E-state index in [1.165, 1.54) is 0 Å². The molecule has 0 aliphatic carbocycles. The number of rotatable bonds is 9. The van der Waals surface area contributed by atoms with E-state index in [0.29, 0.717) is 36.8 Å². The molecule has 1 amide bonds. The molecule has 0 spiro atoms. The Morgan fingerprint density at radius 3 is 2.15 bits per heavy atom. The van der Waals surface area contributed by atoms with Crippen LogP contribution in [0.4, 0.5) is 0 Å². The second-order valence-electron chi connectivity index (χ2n) is 5.90. The van der Waals surface area contributed by atoms with Gasteiger partial charge in [-0.05, 0) is 12.0 Å². The number of benzene rings is 2. The molecule has 0 bridgehead atoms. The van der Waals surface area contributed by atoms with E-state index in [0.717, 1.165) is 5.56 Å². The maximum absolute atomic E-state index is 12.4. The summed E-state index contributed by atoms with van der Waals surface area (Å²) >= 11 is 0. The van der Waals surface area contributed by atoms with Gasteiger partial charge in [-0.15, -0.1) is 12.4 Å². The van der Waals surface area contributed by atoms with Gasteiger partial charge in [0.1, 0.15) is 23.3 Å². The third-order valence-electron chi connectivity index (χ3n) is 4.03. The standard InChI is InChI=1S/C20H26N2O4.ClH/c1-22(20(23)19(21)15-8-5-4-6-9-15)10-7-11-26-18-13-16(24-2)12-17(14-18)25-3;/h4-6,8-9,12-14,19H,7,10-11,21H2,1-3H3;1H. The number of halogens is 1. The molecule has 2 N–H and O–H groups in total. The Bertz CT molecular complexity index is 690. The van der Waals surface area contributed by atoms with Crippen LogP contribution in [0.15, 0.2) is 48.5 Å². The summed E-state index contributed by atoms with van der Waals surface area (Å²) in [5.74, 6) is 1.89. The van der Waals surface area contributed by atoms with Gasteiger partial charge in [-0.25, -0.2) is 0 Å². The molecule has 2 aromatic carbocycles. The van der Waals surface area contributed by atoms with Crippen LogP contribution in [0.3, 0.4) is 0 Å². The minimum atomic E-state index is -0.648. The molecule has 6 nitrogen and oxygen atoms in total. The number of likely N-dealkylation sites (N-methyl/N-ethyl adjacent to an activating group) is 1. The highest BCUT2D eigenvalue weighted by Crippen LogP contribution is 2.27. The van der Waals surface area contributed by atoms with Crippen LogP contribution in [0.5, 0.6) is 17.2 Å². The van der Waals surface area contributed by atoms with Crippen LogP contribution in [-0.2, 0) is 4.79 Å². The largest absolute Gasteiger partial charge is 0.496 e. The molecule has 1 unspecified atom stereocenters. The molecule has 2 rings (SSSR count). The van der Waals surface area contributed by atoms with Crippen molar-refractivity contribution in [1.29, 1.82) is 0 Å². The lowest BCUT2D eigenvalue weighted by Crippen LogP contribution is -2.36. The Kier molecular flexibility index (Phi) is 9.47. The van der Waals surface area contributed by atoms with Gasteiger partial charge in [0.05, 0.1) is 20.8 Å². The van der Waals surface area contributed by atoms with Crippen LogP contribution in [0.1, 0.15) is 18.0 Å². The first-order valence-electron chi connectivity index (χ1n) is 8.46. The molecule has 0 aliphatic rings. The molecule has 1 atom stereocenters. The Hall–Kier alpha value is -2.44. The van der Waals surface area contributed by atoms with Crippen LogP contribution >= 0.6 is 12.4 Å². The van der Waals surface area contributed by atoms with Gasteiger partial charge in [0.2, 0.25) is 5.91 Å². The number of nitrogens with zero attached hydrogens (tertiary/aromatic N) is 1. The second kappa shape index (κ2) is 11.3. The number of hydrogen-bond acceptors (Lipinski definition) is 5. The van der Waals surface area contributed by atoms with E-state index in [4.69, 9.17) is 19.9 Å². The number of hydrogen-bond donors (Lipinski definition) is 1. The average Bonchev–Trinajstić information content (AvgIpc) is 2.70. The fourth-order valence-electron chi connectivity index (χ4n) is 2.51. The molecular formula is C20H27ClN2O4. The van der Waals surface area contributed by atoms with E-state index in [-0.39, 0.29) is 18.3 Å². The van der Waals surface area contributed by atoms with Gasteiger partial charge in [0, 0.05) is 31.8 Å². The third-order valence-corrected chi connectivity index (χ3v) is 4.03. The van der Waals surface area contributed by atoms with Crippen molar-refractivity contribution in [3.05, 3.63) is 54.1 Å². The van der Waals surface area contributed by atoms with Crippen LogP contribution in [-0.4, -0.2) is 45.2 Å². The predicted octanol–water partition coefficient (Wildman–Crippen LogP) is 3.05. The average molecular weight is 395 g/mol. The first-order valence-corrected chi connectivity index (χ1v) is 8.46. The van der Waals surface area contributed by atoms with Crippen LogP contribution in [0.25, 0.3) is 0 Å². The molecule has 0 fully saturated rings. The third kappa shape index (κ3) is 6.66. The molecule has 0 radical (unpaired) electrons. The molecule has 27 heavy (non-hydrogen) atoms. The van der Waals surface area contributed by atoms with E-state index in [1.54, 1.807) is 44.4 Å². The van der Waals surface area contributed by atoms with Gasteiger partial charge in [0.15, 0.2) is 0 Å². The first-order chi connectivity index (χ1) is 12.5. The van der Waals surface area contributed by atoms with Crippen molar-refractivity contribution >= 4 is 18.3 Å². The van der Waals surface area contributed by atoms with E-state index >= 15 is 0 Å². The lowest BCUT2D eigenvalue weighted by Gasteiger charge is -2.21. The lowest BCUT2D eigenvalue weighted by atomic mass is 10.1. The highest BCUT2D eigenvalue weighted by molar-refractivity contribution is 5.85. The van der Waals surface area contributed by atoms with Gasteiger partial charge in [-0.2, -0.15) is 0 Å². The van der Waals surface area contributed by atoms with Gasteiger partial charge >= 0.3 is 0 Å². The minimum absolute atomic E-state index is 0. The highest BCUT2D eigenvalue weighted by Gasteiger charge is 2.19. The summed E-state index contributed by atoms with van der Waals surface area (Å²) < 4.78 is 16.2. The molecule has 0 aliphatic heterocycles. The maximum atomic E-state index is 12.4. The minimum Gasteiger partial charge on any atom is -0.496 e. The molecule has 0 aromatic heterocycles. The van der Waals surface area contributed by atoms with Crippen LogP contribution < -0.4 is 19.9 Å². The fraction of sp³-hybridized carbons (Fsp3) is 0.350. The zero-order valence-corrected chi connectivity index (χ0v) is 16.7. The van der Waals surface area contributed by atoms with E-state index in [1.807, 2.05) is 30.3 Å². The van der Waals surface area contributed by atoms with E-state index in [9.17, 15) is 4.79 Å². The SMILES string of the molecule is COc1cc(OC)cc(OCCCN(C)C(=O)C(N)c2ccccc2)c1.Cl. The number of methoxy groups -OCH3 is 2. The summed E-state index contributed by atoms with van der Waals surface area (Å²) in [4.78, 5) is 14.0. The number of ether oxygens (including phenoxy) is 3. The van der Waals surface area contributed by atoms with Crippen molar-refractivity contribution in [1.82, 2.24) is 4.90 Å². The second-order valence-corrected chi connectivity index (χ2v) is 5.90. The molecule has 148 valence electrons. The summed E-state index contributed by atoms with van der Waals surface area (Å²) in [5.41, 5.74) is 6.86. The van der Waals surface area contributed by atoms with Crippen molar-refractivity contribution in [2.24, 2.45) is 5.73 Å². The predicted molar refractivity (Wildman–Crippen MR) is 108 cm³/mol. The zero-order valence-electron chi connectivity index (χ0n) is 15.9. The summed E-state index contributed by atoms with van der Waals surface area (Å²) in [7, 11) is 4.93. The summed E-state index contributed by atoms with van der Waals surface area (Å²) in [6.45, 7) is 1.02. The Balaban J connectivity index is 0.00000364. The van der Waals surface area contributed by atoms with Crippen molar-refractivity contribution in [2.45, 2.75) is 12.5 Å². The quantitative estimate of drug-likeness (QED) is 0.661. The van der Waals surface area contributed by atoms with Gasteiger partial charge < -0.3 is 24.8 Å². The number of amides is 1. The number of nitrogens with two attached hydrogens (primary N) is 1. The summed E-state index contributed by atoms with van der Waals surface area (Å²) in [6.07, 6.45) is 0.684. The lowest BCUT2D eigenvalue weighted by molar-refractivity contribution is -0.131. The number of carbonyl (C=O) groups excluding carboxylic acids is 1. The molecule has 0 heterocycles.